The summed E-state index contributed by atoms with van der Waals surface area (Å²) in [5.74, 6) is 0. The lowest BCUT2D eigenvalue weighted by Crippen LogP contribution is -1.89. The molecule has 0 bridgehead atoms. The first kappa shape index (κ1) is 8.87. The van der Waals surface area contributed by atoms with Crippen molar-refractivity contribution in [3.8, 4) is 11.3 Å². The maximum Gasteiger partial charge on any atom is 0.0780 e. The summed E-state index contributed by atoms with van der Waals surface area (Å²) >= 11 is 0. The van der Waals surface area contributed by atoms with Gasteiger partial charge in [-0.1, -0.05) is 34.9 Å². The van der Waals surface area contributed by atoms with Gasteiger partial charge in [-0.3, -0.25) is 4.98 Å². The second-order valence-corrected chi connectivity index (χ2v) is 4.97. The third kappa shape index (κ3) is 2.24. The van der Waals surface area contributed by atoms with Gasteiger partial charge in [-0.05, 0) is 50.4 Å². The number of aromatic nitrogens is 1. The van der Waals surface area contributed by atoms with E-state index in [0.29, 0.717) is 5.56 Å². The number of pyridine rings is 1. The highest BCUT2D eigenvalue weighted by molar-refractivity contribution is 5.95. The summed E-state index contributed by atoms with van der Waals surface area (Å²) in [7, 11) is 0. The molecule has 0 spiro atoms. The molecule has 3 aromatic rings. The van der Waals surface area contributed by atoms with Crippen molar-refractivity contribution in [2.24, 2.45) is 0 Å². The van der Waals surface area contributed by atoms with Gasteiger partial charge in [0.2, 0.25) is 0 Å². The minimum Gasteiger partial charge on any atom is -0.256 e. The molecule has 0 N–H and O–H groups in total. The zero-order valence-electron chi connectivity index (χ0n) is 14.1. The van der Waals surface area contributed by atoms with Crippen LogP contribution in [0.2, 0.25) is 0 Å². The molecule has 0 aliphatic heterocycles. The Morgan fingerprint density at radius 2 is 1.74 bits per heavy atom. The van der Waals surface area contributed by atoms with Crippen molar-refractivity contribution in [1.82, 2.24) is 4.98 Å². The molecular formula is C18H17N. The second-order valence-electron chi connectivity index (χ2n) is 4.97. The van der Waals surface area contributed by atoms with E-state index in [-0.39, 0.29) is 0 Å². The highest BCUT2D eigenvalue weighted by Gasteiger charge is 2.06. The van der Waals surface area contributed by atoms with Crippen molar-refractivity contribution in [1.29, 1.82) is 0 Å². The van der Waals surface area contributed by atoms with Crippen LogP contribution in [0.15, 0.2) is 48.7 Å². The molecule has 0 saturated carbocycles. The number of fused-ring (bicyclic) bond motifs is 1. The number of hydrogen-bond acceptors (Lipinski definition) is 1. The van der Waals surface area contributed by atoms with Gasteiger partial charge in [0, 0.05) is 21.3 Å². The summed E-state index contributed by atoms with van der Waals surface area (Å²) in [5.41, 5.74) is 4.12. The number of hydrogen-bond donors (Lipinski definition) is 0. The lowest BCUT2D eigenvalue weighted by Gasteiger charge is -2.08. The zero-order chi connectivity index (χ0) is 15.9. The fraction of sp³-hybridized carbons (Fsp3) is 0.167. The fourth-order valence-corrected chi connectivity index (χ4v) is 2.43. The van der Waals surface area contributed by atoms with Gasteiger partial charge < -0.3 is 0 Å². The molecule has 0 radical (unpaired) electrons. The van der Waals surface area contributed by atoms with Gasteiger partial charge in [-0.25, -0.2) is 0 Å². The Balaban J connectivity index is 2.28. The molecule has 94 valence electrons. The zero-order valence-corrected chi connectivity index (χ0v) is 11.1. The molecule has 0 fully saturated rings. The van der Waals surface area contributed by atoms with Crippen molar-refractivity contribution in [3.05, 3.63) is 65.4 Å². The highest BCUT2D eigenvalue weighted by Crippen LogP contribution is 2.28. The van der Waals surface area contributed by atoms with Gasteiger partial charge in [0.05, 0.1) is 5.69 Å². The number of benzene rings is 2. The molecule has 0 saturated heterocycles. The van der Waals surface area contributed by atoms with Gasteiger partial charge in [-0.2, -0.15) is 0 Å². The van der Waals surface area contributed by atoms with Crippen molar-refractivity contribution in [2.75, 3.05) is 0 Å². The number of aryl methyl sites for hydroxylation is 3. The van der Waals surface area contributed by atoms with Crippen LogP contribution in [-0.2, 0) is 0 Å². The van der Waals surface area contributed by atoms with Crippen molar-refractivity contribution >= 4 is 10.8 Å². The Morgan fingerprint density at radius 1 is 0.895 bits per heavy atom. The van der Waals surface area contributed by atoms with Crippen LogP contribution in [0.4, 0.5) is 0 Å². The van der Waals surface area contributed by atoms with Crippen LogP contribution >= 0.6 is 0 Å². The third-order valence-corrected chi connectivity index (χ3v) is 3.27. The standard InChI is InChI=1S/C18H17N/c1-12-4-5-15-6-7-19-18(17(15)11-12)16-9-13(2)8-14(3)10-16/h4-11H,1-3H3/i2D3. The molecule has 3 rings (SSSR count). The van der Waals surface area contributed by atoms with E-state index in [1.807, 2.05) is 26.0 Å². The van der Waals surface area contributed by atoms with Gasteiger partial charge in [-0.15, -0.1) is 0 Å². The first-order valence-electron chi connectivity index (χ1n) is 7.82. The topological polar surface area (TPSA) is 12.9 Å². The fourth-order valence-electron chi connectivity index (χ4n) is 2.43. The average Bonchev–Trinajstić information content (AvgIpc) is 2.45. The average molecular weight is 250 g/mol. The molecule has 0 aliphatic carbocycles. The third-order valence-electron chi connectivity index (χ3n) is 3.27. The van der Waals surface area contributed by atoms with Crippen LogP contribution in [0.1, 0.15) is 20.8 Å². The van der Waals surface area contributed by atoms with E-state index in [2.05, 4.69) is 23.2 Å². The Hall–Kier alpha value is -2.15. The second kappa shape index (κ2) is 4.51. The molecule has 0 unspecified atom stereocenters. The summed E-state index contributed by atoms with van der Waals surface area (Å²) in [5, 5.41) is 2.15. The minimum atomic E-state index is -2.11. The van der Waals surface area contributed by atoms with Crippen LogP contribution in [0.25, 0.3) is 22.0 Å². The number of nitrogens with zero attached hydrogens (tertiary/aromatic N) is 1. The number of rotatable bonds is 1. The first-order chi connectivity index (χ1) is 10.3. The van der Waals surface area contributed by atoms with E-state index in [9.17, 15) is 0 Å². The van der Waals surface area contributed by atoms with Crippen molar-refractivity contribution < 1.29 is 4.11 Å². The molecule has 0 aliphatic rings. The smallest absolute Gasteiger partial charge is 0.0780 e. The minimum absolute atomic E-state index is 0.356. The Labute approximate surface area is 118 Å². The van der Waals surface area contributed by atoms with Gasteiger partial charge in [0.25, 0.3) is 0 Å². The molecule has 1 heteroatoms. The summed E-state index contributed by atoms with van der Waals surface area (Å²) in [4.78, 5) is 4.50. The lowest BCUT2D eigenvalue weighted by molar-refractivity contribution is 1.32. The molecule has 19 heavy (non-hydrogen) atoms. The van der Waals surface area contributed by atoms with Crippen LogP contribution in [0.3, 0.4) is 0 Å². The van der Waals surface area contributed by atoms with E-state index in [1.54, 1.807) is 18.3 Å². The van der Waals surface area contributed by atoms with E-state index in [0.717, 1.165) is 33.2 Å². The Kier molecular flexibility index (Phi) is 2.10. The van der Waals surface area contributed by atoms with Crippen molar-refractivity contribution in [2.45, 2.75) is 20.7 Å². The van der Waals surface area contributed by atoms with E-state index >= 15 is 0 Å². The van der Waals surface area contributed by atoms with Crippen LogP contribution in [0, 0.1) is 20.7 Å². The molecule has 1 heterocycles. The predicted molar refractivity (Wildman–Crippen MR) is 81.4 cm³/mol. The molecule has 0 atom stereocenters. The Morgan fingerprint density at radius 3 is 2.58 bits per heavy atom. The maximum atomic E-state index is 7.64. The van der Waals surface area contributed by atoms with Gasteiger partial charge in [0.15, 0.2) is 0 Å². The maximum absolute atomic E-state index is 7.64. The molecule has 1 aromatic heterocycles. The SMILES string of the molecule is [2H]C([2H])([2H])c1cc(C)cc(-c2nccc3ccc(C)cc23)c1. The highest BCUT2D eigenvalue weighted by atomic mass is 14.7. The normalized spacial score (nSPS) is 13.9. The first-order valence-corrected chi connectivity index (χ1v) is 6.32. The van der Waals surface area contributed by atoms with E-state index in [4.69, 9.17) is 4.11 Å². The molecule has 2 aromatic carbocycles. The predicted octanol–water partition coefficient (Wildman–Crippen LogP) is 4.83. The van der Waals surface area contributed by atoms with Crippen molar-refractivity contribution in [3.63, 3.8) is 0 Å². The Bertz CT molecular complexity index is 851. The summed E-state index contributed by atoms with van der Waals surface area (Å²) in [6, 6.07) is 13.6. The largest absolute Gasteiger partial charge is 0.256 e. The summed E-state index contributed by atoms with van der Waals surface area (Å²) in [6.07, 6.45) is 1.77. The quantitative estimate of drug-likeness (QED) is 0.603. The van der Waals surface area contributed by atoms with Crippen LogP contribution in [-0.4, -0.2) is 4.98 Å². The van der Waals surface area contributed by atoms with Gasteiger partial charge >= 0.3 is 0 Å². The monoisotopic (exact) mass is 250 g/mol. The molecular weight excluding hydrogens is 230 g/mol. The van der Waals surface area contributed by atoms with E-state index < -0.39 is 6.85 Å². The summed E-state index contributed by atoms with van der Waals surface area (Å²) < 4.78 is 22.9. The van der Waals surface area contributed by atoms with E-state index in [1.165, 1.54) is 0 Å². The van der Waals surface area contributed by atoms with Crippen LogP contribution < -0.4 is 0 Å². The summed E-state index contributed by atoms with van der Waals surface area (Å²) in [6.45, 7) is 1.84. The molecule has 0 amide bonds. The van der Waals surface area contributed by atoms with Gasteiger partial charge in [0.1, 0.15) is 0 Å². The lowest BCUT2D eigenvalue weighted by atomic mass is 9.99. The van der Waals surface area contributed by atoms with Crippen LogP contribution in [0.5, 0.6) is 0 Å². The molecule has 1 nitrogen and oxygen atoms in total.